The molecule has 5 rings (SSSR count). The van der Waals surface area contributed by atoms with Gasteiger partial charge in [0.2, 0.25) is 11.6 Å². The Kier molecular flexibility index (Phi) is 7.74. The van der Waals surface area contributed by atoms with Crippen molar-refractivity contribution in [3.63, 3.8) is 0 Å². The van der Waals surface area contributed by atoms with Crippen LogP contribution in [0.3, 0.4) is 0 Å². The Labute approximate surface area is 187 Å². The second-order valence-corrected chi connectivity index (χ2v) is 8.20. The van der Waals surface area contributed by atoms with Crippen LogP contribution in [0.5, 0.6) is 0 Å². The Morgan fingerprint density at radius 3 is 1.13 bits per heavy atom. The van der Waals surface area contributed by atoms with Crippen molar-refractivity contribution in [1.29, 1.82) is 0 Å². The van der Waals surface area contributed by atoms with Gasteiger partial charge in [-0.25, -0.2) is 8.78 Å². The monoisotopic (exact) mass is 456 g/mol. The van der Waals surface area contributed by atoms with Crippen molar-refractivity contribution in [2.45, 2.75) is 0 Å². The van der Waals surface area contributed by atoms with Gasteiger partial charge in [-0.1, -0.05) is 0 Å². The van der Waals surface area contributed by atoms with Crippen LogP contribution in [-0.2, 0) is 0 Å². The summed E-state index contributed by atoms with van der Waals surface area (Å²) >= 11 is 0. The predicted octanol–water partition coefficient (Wildman–Crippen LogP) is -3.30. The minimum absolute atomic E-state index is 0. The molecule has 0 radical (unpaired) electrons. The summed E-state index contributed by atoms with van der Waals surface area (Å²) < 4.78 is 27.7. The highest BCUT2D eigenvalue weighted by Crippen LogP contribution is 2.27. The molecule has 0 atom stereocenters. The van der Waals surface area contributed by atoms with Gasteiger partial charge in [-0.3, -0.25) is 9.59 Å². The molecule has 0 spiro atoms. The Morgan fingerprint density at radius 2 is 0.867 bits per heavy atom. The molecule has 4 nitrogen and oxygen atoms in total. The van der Waals surface area contributed by atoms with Gasteiger partial charge in [0.15, 0.2) is 0 Å². The first-order valence-electron chi connectivity index (χ1n) is 9.67. The highest BCUT2D eigenvalue weighted by molar-refractivity contribution is 5.97. The quantitative estimate of drug-likeness (QED) is 0.337. The van der Waals surface area contributed by atoms with E-state index in [1.807, 2.05) is 0 Å². The second-order valence-electron chi connectivity index (χ2n) is 8.20. The summed E-state index contributed by atoms with van der Waals surface area (Å²) in [7, 11) is 0. The van der Waals surface area contributed by atoms with E-state index < -0.39 is 0 Å². The van der Waals surface area contributed by atoms with Crippen molar-refractivity contribution in [3.8, 4) is 0 Å². The summed E-state index contributed by atoms with van der Waals surface area (Å²) in [5, 5.41) is 0. The molecule has 2 bridgehead atoms. The lowest BCUT2D eigenvalue weighted by molar-refractivity contribution is -1.07. The number of Topliss-reactive ketones (excluding diaryl/α,β-unsaturated/α-hetero) is 2. The van der Waals surface area contributed by atoms with Crippen molar-refractivity contribution in [3.05, 3.63) is 71.3 Å². The maximum absolute atomic E-state index is 13.1. The SMILES string of the molecule is O=C(C[N+]12CC[N+](CC(=O)c3ccc(F)cc3)(CC1)CC2)c1ccc(F)cc1.[Cl-].[Cl-]. The van der Waals surface area contributed by atoms with Crippen molar-refractivity contribution in [2.24, 2.45) is 0 Å². The Bertz CT molecular complexity index is 804. The summed E-state index contributed by atoms with van der Waals surface area (Å²) in [6.45, 7) is 6.04. The topological polar surface area (TPSA) is 34.1 Å². The van der Waals surface area contributed by atoms with Gasteiger partial charge in [-0.15, -0.1) is 0 Å². The normalized spacial score (nSPS) is 24.5. The lowest BCUT2D eigenvalue weighted by atomic mass is 10.0. The van der Waals surface area contributed by atoms with E-state index in [1.165, 1.54) is 24.3 Å². The molecule has 2 aromatic rings. The van der Waals surface area contributed by atoms with Crippen LogP contribution in [0.2, 0.25) is 0 Å². The fraction of sp³-hybridized carbons (Fsp3) is 0.364. The van der Waals surface area contributed by atoms with Gasteiger partial charge in [0, 0.05) is 11.1 Å². The number of hydrogen-bond donors (Lipinski definition) is 0. The molecular weight excluding hydrogens is 433 g/mol. The van der Waals surface area contributed by atoms with Gasteiger partial charge < -0.3 is 33.8 Å². The Morgan fingerprint density at radius 1 is 0.600 bits per heavy atom. The summed E-state index contributed by atoms with van der Waals surface area (Å²) in [4.78, 5) is 25.3. The molecule has 162 valence electrons. The van der Waals surface area contributed by atoms with E-state index in [0.29, 0.717) is 24.2 Å². The summed E-state index contributed by atoms with van der Waals surface area (Å²) in [5.41, 5.74) is 1.11. The van der Waals surface area contributed by atoms with E-state index in [0.717, 1.165) is 48.2 Å². The fourth-order valence-electron chi connectivity index (χ4n) is 4.48. The molecule has 0 aromatic heterocycles. The average molecular weight is 457 g/mol. The van der Waals surface area contributed by atoms with Gasteiger partial charge in [0.1, 0.15) is 64.0 Å². The number of carbonyl (C=O) groups is 2. The van der Waals surface area contributed by atoms with Crippen molar-refractivity contribution < 1.29 is 52.2 Å². The highest BCUT2D eigenvalue weighted by Gasteiger charge is 2.50. The number of carbonyl (C=O) groups excluding carboxylic acids is 2. The molecule has 3 fully saturated rings. The number of piperazine rings is 3. The first kappa shape index (κ1) is 24.4. The van der Waals surface area contributed by atoms with E-state index in [9.17, 15) is 18.4 Å². The number of nitrogens with zero attached hydrogens (tertiary/aromatic N) is 2. The molecule has 30 heavy (non-hydrogen) atoms. The van der Waals surface area contributed by atoms with Crippen molar-refractivity contribution in [2.75, 3.05) is 52.4 Å². The zero-order valence-corrected chi connectivity index (χ0v) is 18.0. The summed E-state index contributed by atoms with van der Waals surface area (Å²) in [6.07, 6.45) is 0. The molecule has 8 heteroatoms. The van der Waals surface area contributed by atoms with E-state index in [4.69, 9.17) is 0 Å². The number of benzene rings is 2. The fourth-order valence-corrected chi connectivity index (χ4v) is 4.48. The highest BCUT2D eigenvalue weighted by atomic mass is 35.5. The lowest BCUT2D eigenvalue weighted by Crippen LogP contribution is -3.00. The Hall–Kier alpha value is -1.86. The third-order valence-corrected chi connectivity index (χ3v) is 6.44. The van der Waals surface area contributed by atoms with E-state index in [1.54, 1.807) is 24.3 Å². The van der Waals surface area contributed by atoms with Crippen LogP contribution in [-0.4, -0.2) is 72.9 Å². The number of ketones is 2. The molecule has 3 aliphatic heterocycles. The minimum Gasteiger partial charge on any atom is -1.00 e. The number of fused-ring (bicyclic) bond motifs is 3. The van der Waals surface area contributed by atoms with Gasteiger partial charge in [0.25, 0.3) is 0 Å². The largest absolute Gasteiger partial charge is 1.00 e. The van der Waals surface area contributed by atoms with Gasteiger partial charge in [-0.05, 0) is 48.5 Å². The second kappa shape index (κ2) is 9.52. The molecule has 0 aliphatic carbocycles. The van der Waals surface area contributed by atoms with Crippen molar-refractivity contribution >= 4 is 11.6 Å². The molecule has 0 saturated carbocycles. The van der Waals surface area contributed by atoms with Gasteiger partial charge >= 0.3 is 0 Å². The number of quaternary nitrogens is 2. The first-order chi connectivity index (χ1) is 13.4. The maximum atomic E-state index is 13.1. The number of halogens is 4. The van der Waals surface area contributed by atoms with Crippen LogP contribution in [0.4, 0.5) is 8.78 Å². The van der Waals surface area contributed by atoms with Gasteiger partial charge in [-0.2, -0.15) is 0 Å². The molecule has 3 saturated heterocycles. The van der Waals surface area contributed by atoms with Crippen molar-refractivity contribution in [1.82, 2.24) is 0 Å². The van der Waals surface area contributed by atoms with Crippen LogP contribution in [0.1, 0.15) is 20.7 Å². The van der Waals surface area contributed by atoms with Crippen LogP contribution in [0.25, 0.3) is 0 Å². The molecule has 0 amide bonds. The zero-order chi connectivity index (χ0) is 19.8. The molecular formula is C22H24Cl2F2N2O2. The van der Waals surface area contributed by atoms with Crippen LogP contribution in [0, 0.1) is 11.6 Å². The van der Waals surface area contributed by atoms with E-state index in [2.05, 4.69) is 0 Å². The van der Waals surface area contributed by atoms with E-state index in [-0.39, 0.29) is 48.0 Å². The minimum atomic E-state index is -0.340. The average Bonchev–Trinajstić information content (AvgIpc) is 2.70. The third kappa shape index (κ3) is 5.06. The molecule has 3 heterocycles. The number of rotatable bonds is 6. The zero-order valence-electron chi connectivity index (χ0n) is 16.5. The maximum Gasteiger partial charge on any atom is 0.216 e. The third-order valence-electron chi connectivity index (χ3n) is 6.44. The van der Waals surface area contributed by atoms with Crippen LogP contribution < -0.4 is 24.8 Å². The van der Waals surface area contributed by atoms with Crippen LogP contribution >= 0.6 is 0 Å². The molecule has 3 aliphatic rings. The van der Waals surface area contributed by atoms with E-state index >= 15 is 0 Å². The molecule has 0 N–H and O–H groups in total. The molecule has 2 aromatic carbocycles. The Balaban J connectivity index is 0.00000160. The lowest BCUT2D eigenvalue weighted by Gasteiger charge is -2.55. The number of hydrogen-bond acceptors (Lipinski definition) is 2. The van der Waals surface area contributed by atoms with Gasteiger partial charge in [0.05, 0.1) is 0 Å². The summed E-state index contributed by atoms with van der Waals surface area (Å²) in [5.74, 6) is -0.589. The first-order valence-corrected chi connectivity index (χ1v) is 9.67. The standard InChI is InChI=1S/C22H24F2N2O2.2ClH/c23-19-5-1-17(2-6-19)21(27)15-25-9-12-26(13-10-25,14-11-25)16-22(28)18-3-7-20(24)8-4-18;;/h1-8H,9-16H2;2*1H/q+2;;/p-2. The summed E-state index contributed by atoms with van der Waals surface area (Å²) in [6, 6.07) is 11.5. The molecule has 0 unspecified atom stereocenters. The predicted molar refractivity (Wildman–Crippen MR) is 101 cm³/mol. The smallest absolute Gasteiger partial charge is 0.216 e. The van der Waals surface area contributed by atoms with Crippen LogP contribution in [0.15, 0.2) is 48.5 Å².